The molecule has 1 atom stereocenters. The number of sulfonamides is 1. The first kappa shape index (κ1) is 22.8. The molecule has 0 fully saturated rings. The Hall–Kier alpha value is -2.84. The Labute approximate surface area is 171 Å². The highest BCUT2D eigenvalue weighted by Crippen LogP contribution is 2.39. The van der Waals surface area contributed by atoms with Gasteiger partial charge in [-0.25, -0.2) is 18.5 Å². The molecule has 3 rings (SSSR count). The van der Waals surface area contributed by atoms with Crippen LogP contribution in [0, 0.1) is 0 Å². The Kier molecular flexibility index (Phi) is 5.44. The fraction of sp³-hybridized carbons (Fsp3) is 0.235. The van der Waals surface area contributed by atoms with E-state index in [-0.39, 0.29) is 22.0 Å². The second-order valence-electron chi connectivity index (χ2n) is 6.45. The normalized spacial score (nSPS) is 20.0. The lowest BCUT2D eigenvalue weighted by Gasteiger charge is -2.25. The lowest BCUT2D eigenvalue weighted by atomic mass is 10.1. The lowest BCUT2D eigenvalue weighted by Crippen LogP contribution is -2.47. The number of hydrogen-bond acceptors (Lipinski definition) is 6. The van der Waals surface area contributed by atoms with Crippen molar-refractivity contribution in [1.82, 2.24) is 0 Å². The van der Waals surface area contributed by atoms with E-state index in [4.69, 9.17) is 5.14 Å². The summed E-state index contributed by atoms with van der Waals surface area (Å²) < 4.78 is 104. The average Bonchev–Trinajstić information content (AvgIpc) is 2.99. The molecule has 1 heterocycles. The van der Waals surface area contributed by atoms with Crippen LogP contribution in [0.4, 0.5) is 32.0 Å². The third kappa shape index (κ3) is 4.91. The Bertz CT molecular complexity index is 1100. The van der Waals surface area contributed by atoms with Crippen LogP contribution in [-0.4, -0.2) is 44.2 Å². The van der Waals surface area contributed by atoms with Crippen LogP contribution >= 0.6 is 0 Å². The van der Waals surface area contributed by atoms with Crippen molar-refractivity contribution >= 4 is 21.5 Å². The number of amidine groups is 1. The predicted molar refractivity (Wildman–Crippen MR) is 95.8 cm³/mol. The van der Waals surface area contributed by atoms with Crippen molar-refractivity contribution < 1.29 is 44.6 Å². The fourth-order valence-electron chi connectivity index (χ4n) is 2.77. The van der Waals surface area contributed by atoms with Crippen LogP contribution in [0.2, 0.25) is 0 Å². The molecule has 0 amide bonds. The number of alkyl halides is 6. The minimum atomic E-state index is -5.16. The average molecular weight is 469 g/mol. The van der Waals surface area contributed by atoms with Crippen molar-refractivity contribution in [1.29, 1.82) is 0 Å². The van der Waals surface area contributed by atoms with Crippen LogP contribution in [0.1, 0.15) is 5.56 Å². The van der Waals surface area contributed by atoms with E-state index in [9.17, 15) is 39.9 Å². The van der Waals surface area contributed by atoms with Crippen LogP contribution in [-0.2, 0) is 10.0 Å². The van der Waals surface area contributed by atoms with E-state index in [0.717, 1.165) is 53.4 Å². The van der Waals surface area contributed by atoms with E-state index in [1.165, 1.54) is 0 Å². The molecule has 1 aliphatic heterocycles. The summed E-state index contributed by atoms with van der Waals surface area (Å²) in [5, 5.41) is 15.0. The van der Waals surface area contributed by atoms with Crippen molar-refractivity contribution in [3.63, 3.8) is 0 Å². The highest BCUT2D eigenvalue weighted by Gasteiger charge is 2.59. The summed E-state index contributed by atoms with van der Waals surface area (Å²) in [5.41, 5.74) is -3.52. The third-order valence-corrected chi connectivity index (χ3v) is 5.13. The van der Waals surface area contributed by atoms with E-state index < -0.39 is 40.6 Å². The molecule has 0 radical (unpaired) electrons. The zero-order valence-corrected chi connectivity index (χ0v) is 16.0. The van der Waals surface area contributed by atoms with Gasteiger partial charge in [-0.1, -0.05) is 0 Å². The fourth-order valence-corrected chi connectivity index (χ4v) is 3.29. The molecule has 0 aromatic heterocycles. The monoisotopic (exact) mass is 469 g/mol. The number of β-amino-alcohol motifs (C(OH)–C–C–N with tert-alkyl or cyclic N) is 1. The summed E-state index contributed by atoms with van der Waals surface area (Å²) in [4.78, 5) is 4.00. The first-order chi connectivity index (χ1) is 14.1. The molecule has 2 aromatic carbocycles. The minimum absolute atomic E-state index is 0.00296. The number of hydrogen-bond donors (Lipinski definition) is 2. The Balaban J connectivity index is 2.01. The molecule has 0 saturated carbocycles. The number of aliphatic imine (C=N–C) groups is 1. The van der Waals surface area contributed by atoms with Crippen LogP contribution in [0.5, 0.6) is 5.75 Å². The molecule has 2 aromatic rings. The molecule has 3 N–H and O–H groups in total. The van der Waals surface area contributed by atoms with E-state index in [1.807, 2.05) is 0 Å². The van der Waals surface area contributed by atoms with Gasteiger partial charge in [0.2, 0.25) is 10.0 Å². The molecule has 168 valence electrons. The highest BCUT2D eigenvalue weighted by molar-refractivity contribution is 7.89. The van der Waals surface area contributed by atoms with Crippen molar-refractivity contribution in [2.24, 2.45) is 10.1 Å². The van der Waals surface area contributed by atoms with Gasteiger partial charge in [-0.15, -0.1) is 13.2 Å². The van der Waals surface area contributed by atoms with Crippen LogP contribution < -0.4 is 14.8 Å². The third-order valence-electron chi connectivity index (χ3n) is 4.20. The largest absolute Gasteiger partial charge is 0.573 e. The van der Waals surface area contributed by atoms with Gasteiger partial charge in [-0.05, 0) is 48.5 Å². The molecule has 1 aliphatic rings. The second kappa shape index (κ2) is 7.39. The predicted octanol–water partition coefficient (Wildman–Crippen LogP) is 2.75. The summed E-state index contributed by atoms with van der Waals surface area (Å²) in [5.74, 6) is -0.984. The molecule has 1 unspecified atom stereocenters. The second-order valence-corrected chi connectivity index (χ2v) is 8.01. The van der Waals surface area contributed by atoms with Crippen molar-refractivity contribution in [3.05, 3.63) is 54.1 Å². The number of primary sulfonamides is 1. The number of halogens is 6. The van der Waals surface area contributed by atoms with Gasteiger partial charge in [-0.2, -0.15) is 13.2 Å². The molecule has 14 heteroatoms. The number of ether oxygens (including phenoxy) is 1. The minimum Gasteiger partial charge on any atom is -0.406 e. The summed E-state index contributed by atoms with van der Waals surface area (Å²) in [7, 11) is -4.06. The molecule has 0 bridgehead atoms. The number of rotatable bonds is 4. The topological polar surface area (TPSA) is 105 Å². The number of nitrogens with two attached hydrogens (primary N) is 1. The van der Waals surface area contributed by atoms with Crippen molar-refractivity contribution in [2.45, 2.75) is 23.2 Å². The van der Waals surface area contributed by atoms with Gasteiger partial charge in [0.1, 0.15) is 11.6 Å². The van der Waals surface area contributed by atoms with Crippen LogP contribution in [0.15, 0.2) is 58.4 Å². The maximum Gasteiger partial charge on any atom is 0.573 e. The standard InChI is InChI=1S/C17H13F6N3O4S/c18-16(19,20)15(27)9-26(11-3-5-12(6-4-11)30-17(21,22)23)14(25-15)10-1-7-13(8-2-10)31(24,28)29/h1-8,27H,9H2,(H2,24,28,29). The van der Waals surface area contributed by atoms with Crippen LogP contribution in [0.3, 0.4) is 0 Å². The smallest absolute Gasteiger partial charge is 0.406 e. The van der Waals surface area contributed by atoms with Gasteiger partial charge >= 0.3 is 12.5 Å². The first-order valence-electron chi connectivity index (χ1n) is 8.25. The molecule has 7 nitrogen and oxygen atoms in total. The van der Waals surface area contributed by atoms with Gasteiger partial charge in [0.25, 0.3) is 5.72 Å². The van der Waals surface area contributed by atoms with Gasteiger partial charge in [-0.3, -0.25) is 0 Å². The van der Waals surface area contributed by atoms with Gasteiger partial charge in [0.15, 0.2) is 0 Å². The maximum atomic E-state index is 13.4. The Morgan fingerprint density at radius 1 is 1.00 bits per heavy atom. The number of nitrogens with zero attached hydrogens (tertiary/aromatic N) is 2. The zero-order chi connectivity index (χ0) is 23.2. The first-order valence-corrected chi connectivity index (χ1v) is 9.79. The van der Waals surface area contributed by atoms with Crippen molar-refractivity contribution in [2.75, 3.05) is 11.4 Å². The van der Waals surface area contributed by atoms with Crippen molar-refractivity contribution in [3.8, 4) is 5.75 Å². The van der Waals surface area contributed by atoms with E-state index >= 15 is 0 Å². The summed E-state index contributed by atoms with van der Waals surface area (Å²) in [6, 6.07) is 8.22. The van der Waals surface area contributed by atoms with Gasteiger partial charge in [0.05, 0.1) is 11.4 Å². The molecule has 0 saturated heterocycles. The van der Waals surface area contributed by atoms with Gasteiger partial charge in [0, 0.05) is 11.3 Å². The maximum absolute atomic E-state index is 13.4. The highest BCUT2D eigenvalue weighted by atomic mass is 32.2. The number of benzene rings is 2. The lowest BCUT2D eigenvalue weighted by molar-refractivity contribution is -0.274. The molecule has 0 spiro atoms. The van der Waals surface area contributed by atoms with E-state index in [2.05, 4.69) is 9.73 Å². The van der Waals surface area contributed by atoms with E-state index in [1.54, 1.807) is 0 Å². The van der Waals surface area contributed by atoms with E-state index in [0.29, 0.717) is 0 Å². The SMILES string of the molecule is NS(=O)(=O)c1ccc(C2=NC(O)(C(F)(F)F)CN2c2ccc(OC(F)(F)F)cc2)cc1. The summed E-state index contributed by atoms with van der Waals surface area (Å²) >= 11 is 0. The van der Waals surface area contributed by atoms with Crippen LogP contribution in [0.25, 0.3) is 0 Å². The molecule has 0 aliphatic carbocycles. The molecule has 31 heavy (non-hydrogen) atoms. The molecular formula is C17H13F6N3O4S. The Morgan fingerprint density at radius 3 is 2.00 bits per heavy atom. The summed E-state index contributed by atoms with van der Waals surface area (Å²) in [6.45, 7) is -1.08. The number of anilines is 1. The quantitative estimate of drug-likeness (QED) is 0.671. The zero-order valence-electron chi connectivity index (χ0n) is 15.1. The number of aliphatic hydroxyl groups is 1. The Morgan fingerprint density at radius 2 is 1.55 bits per heavy atom. The molecular weight excluding hydrogens is 456 g/mol. The van der Waals surface area contributed by atoms with Gasteiger partial charge < -0.3 is 14.7 Å². The summed E-state index contributed by atoms with van der Waals surface area (Å²) in [6.07, 6.45) is -10.1.